The van der Waals surface area contributed by atoms with Crippen LogP contribution in [0.3, 0.4) is 0 Å². The molecule has 1 aromatic carbocycles. The lowest BCUT2D eigenvalue weighted by atomic mass is 9.99. The molecule has 4 rings (SSSR count). The predicted octanol–water partition coefficient (Wildman–Crippen LogP) is 5.27. The van der Waals surface area contributed by atoms with Crippen molar-refractivity contribution in [1.82, 2.24) is 4.98 Å². The van der Waals surface area contributed by atoms with Gasteiger partial charge in [-0.25, -0.2) is 0 Å². The van der Waals surface area contributed by atoms with Gasteiger partial charge in [-0.1, -0.05) is 30.7 Å². The molecule has 1 aliphatic heterocycles. The van der Waals surface area contributed by atoms with Gasteiger partial charge >= 0.3 is 0 Å². The molecule has 6 nitrogen and oxygen atoms in total. The maximum Gasteiger partial charge on any atom is 0.266 e. The van der Waals surface area contributed by atoms with Crippen molar-refractivity contribution in [2.45, 2.75) is 26.4 Å². The summed E-state index contributed by atoms with van der Waals surface area (Å²) in [5.41, 5.74) is 0.287. The minimum Gasteiger partial charge on any atom is -0.484 e. The first-order valence-corrected chi connectivity index (χ1v) is 9.64. The normalized spacial score (nSPS) is 14.8. The number of rotatable bonds is 5. The Hall–Kier alpha value is -2.91. The van der Waals surface area contributed by atoms with Crippen LogP contribution in [0.25, 0.3) is 11.7 Å². The highest BCUT2D eigenvalue weighted by Crippen LogP contribution is 2.32. The number of oxazole rings is 1. The van der Waals surface area contributed by atoms with Gasteiger partial charge in [0, 0.05) is 13.1 Å². The monoisotopic (exact) mass is 397 g/mol. The van der Waals surface area contributed by atoms with Crippen LogP contribution in [-0.2, 0) is 6.61 Å². The average Bonchev–Trinajstić information content (AvgIpc) is 3.35. The predicted molar refractivity (Wildman–Crippen MR) is 105 cm³/mol. The number of benzene rings is 1. The lowest BCUT2D eigenvalue weighted by molar-refractivity contribution is 0.271. The second kappa shape index (κ2) is 7.99. The van der Waals surface area contributed by atoms with Crippen LogP contribution in [0.4, 0.5) is 5.88 Å². The number of nitrogens with zero attached hydrogens (tertiary/aromatic N) is 3. The number of nitriles is 1. The number of halogens is 1. The first kappa shape index (κ1) is 18.5. The van der Waals surface area contributed by atoms with E-state index in [1.807, 2.05) is 12.1 Å². The van der Waals surface area contributed by atoms with Crippen LogP contribution in [0.2, 0.25) is 5.02 Å². The molecular weight excluding hydrogens is 378 g/mol. The summed E-state index contributed by atoms with van der Waals surface area (Å²) in [4.78, 5) is 6.40. The molecule has 2 aromatic heterocycles. The summed E-state index contributed by atoms with van der Waals surface area (Å²) < 4.78 is 17.4. The molecule has 1 fully saturated rings. The van der Waals surface area contributed by atoms with Crippen LogP contribution < -0.4 is 9.64 Å². The van der Waals surface area contributed by atoms with E-state index in [0.717, 1.165) is 25.9 Å². The molecule has 0 radical (unpaired) electrons. The molecule has 28 heavy (non-hydrogen) atoms. The Morgan fingerprint density at radius 1 is 1.21 bits per heavy atom. The number of hydrogen-bond acceptors (Lipinski definition) is 6. The first-order valence-electron chi connectivity index (χ1n) is 9.26. The minimum absolute atomic E-state index is 0.229. The van der Waals surface area contributed by atoms with Gasteiger partial charge in [-0.05, 0) is 43.0 Å². The van der Waals surface area contributed by atoms with Crippen molar-refractivity contribution < 1.29 is 13.6 Å². The zero-order valence-corrected chi connectivity index (χ0v) is 16.3. The molecule has 0 atom stereocenters. The maximum absolute atomic E-state index is 9.44. The molecule has 1 aliphatic rings. The largest absolute Gasteiger partial charge is 0.484 e. The third-order valence-electron chi connectivity index (χ3n) is 4.87. The Bertz CT molecular complexity index is 996. The van der Waals surface area contributed by atoms with Crippen molar-refractivity contribution in [3.8, 4) is 23.5 Å². The van der Waals surface area contributed by atoms with Crippen molar-refractivity contribution in [1.29, 1.82) is 5.26 Å². The van der Waals surface area contributed by atoms with Crippen molar-refractivity contribution in [2.24, 2.45) is 5.92 Å². The standard InChI is InChI=1S/C21H20ClN3O3/c1-14-8-10-25(11-9-14)21-17(12-23)24-20(28-21)19-7-6-15(27-19)13-26-18-5-3-2-4-16(18)22/h2-7,14H,8-11,13H2,1H3. The first-order chi connectivity index (χ1) is 13.6. The fourth-order valence-corrected chi connectivity index (χ4v) is 3.39. The van der Waals surface area contributed by atoms with Crippen LogP contribution in [0.15, 0.2) is 45.2 Å². The van der Waals surface area contributed by atoms with Crippen molar-refractivity contribution in [3.05, 3.63) is 52.9 Å². The van der Waals surface area contributed by atoms with E-state index in [1.165, 1.54) is 0 Å². The second-order valence-corrected chi connectivity index (χ2v) is 7.35. The fraction of sp³-hybridized carbons (Fsp3) is 0.333. The van der Waals surface area contributed by atoms with Crippen molar-refractivity contribution in [2.75, 3.05) is 18.0 Å². The molecule has 3 aromatic rings. The van der Waals surface area contributed by atoms with Gasteiger partial charge in [0.05, 0.1) is 5.02 Å². The minimum atomic E-state index is 0.229. The average molecular weight is 398 g/mol. The molecule has 0 N–H and O–H groups in total. The van der Waals surface area contributed by atoms with E-state index in [4.69, 9.17) is 25.2 Å². The number of aromatic nitrogens is 1. The quantitative estimate of drug-likeness (QED) is 0.583. The Balaban J connectivity index is 1.49. The van der Waals surface area contributed by atoms with Crippen LogP contribution in [0, 0.1) is 17.2 Å². The summed E-state index contributed by atoms with van der Waals surface area (Å²) in [6.45, 7) is 4.19. The Morgan fingerprint density at radius 3 is 2.75 bits per heavy atom. The topological polar surface area (TPSA) is 75.4 Å². The Labute approximate surface area is 168 Å². The molecule has 1 saturated heterocycles. The molecule has 7 heteroatoms. The molecule has 0 aliphatic carbocycles. The summed E-state index contributed by atoms with van der Waals surface area (Å²) >= 11 is 6.09. The highest BCUT2D eigenvalue weighted by Gasteiger charge is 2.25. The molecular formula is C21H20ClN3O3. The lowest BCUT2D eigenvalue weighted by Crippen LogP contribution is -2.32. The van der Waals surface area contributed by atoms with Crippen LogP contribution in [-0.4, -0.2) is 18.1 Å². The Kier molecular flexibility index (Phi) is 5.27. The fourth-order valence-electron chi connectivity index (χ4n) is 3.20. The molecule has 144 valence electrons. The molecule has 0 spiro atoms. The SMILES string of the molecule is CC1CCN(c2oc(-c3ccc(COc4ccccc4Cl)o3)nc2C#N)CC1. The molecule has 0 unspecified atom stereocenters. The van der Waals surface area contributed by atoms with Gasteiger partial charge < -0.3 is 18.5 Å². The van der Waals surface area contributed by atoms with Crippen molar-refractivity contribution in [3.63, 3.8) is 0 Å². The van der Waals surface area contributed by atoms with E-state index < -0.39 is 0 Å². The summed E-state index contributed by atoms with van der Waals surface area (Å²) in [6, 6.07) is 12.9. The number of ether oxygens (including phenoxy) is 1. The van der Waals surface area contributed by atoms with Gasteiger partial charge in [0.15, 0.2) is 5.76 Å². The lowest BCUT2D eigenvalue weighted by Gasteiger charge is -2.29. The van der Waals surface area contributed by atoms with E-state index in [-0.39, 0.29) is 12.3 Å². The number of furan rings is 1. The highest BCUT2D eigenvalue weighted by molar-refractivity contribution is 6.32. The molecule has 0 amide bonds. The summed E-state index contributed by atoms with van der Waals surface area (Å²) in [6.07, 6.45) is 2.15. The van der Waals surface area contributed by atoms with E-state index in [2.05, 4.69) is 22.9 Å². The number of para-hydroxylation sites is 1. The van der Waals surface area contributed by atoms with Gasteiger partial charge in [0.25, 0.3) is 5.89 Å². The highest BCUT2D eigenvalue weighted by atomic mass is 35.5. The van der Waals surface area contributed by atoms with Crippen molar-refractivity contribution >= 4 is 17.5 Å². The maximum atomic E-state index is 9.44. The Morgan fingerprint density at radius 2 is 2.00 bits per heavy atom. The smallest absolute Gasteiger partial charge is 0.266 e. The van der Waals surface area contributed by atoms with Gasteiger partial charge in [0.2, 0.25) is 11.6 Å². The zero-order chi connectivity index (χ0) is 19.5. The van der Waals surface area contributed by atoms with Gasteiger partial charge in [0.1, 0.15) is 24.2 Å². The van der Waals surface area contributed by atoms with E-state index >= 15 is 0 Å². The summed E-state index contributed by atoms with van der Waals surface area (Å²) in [5, 5.41) is 9.98. The van der Waals surface area contributed by atoms with Gasteiger partial charge in [-0.15, -0.1) is 0 Å². The number of anilines is 1. The second-order valence-electron chi connectivity index (χ2n) is 6.94. The van der Waals surface area contributed by atoms with Gasteiger partial charge in [-0.2, -0.15) is 10.2 Å². The molecule has 3 heterocycles. The van der Waals surface area contributed by atoms with E-state index in [0.29, 0.717) is 40.0 Å². The van der Waals surface area contributed by atoms with Crippen LogP contribution >= 0.6 is 11.6 Å². The summed E-state index contributed by atoms with van der Waals surface area (Å²) in [5.74, 6) is 3.18. The molecule has 0 bridgehead atoms. The van der Waals surface area contributed by atoms with Crippen LogP contribution in [0.1, 0.15) is 31.2 Å². The third kappa shape index (κ3) is 3.85. The van der Waals surface area contributed by atoms with Gasteiger partial charge in [-0.3, -0.25) is 0 Å². The van der Waals surface area contributed by atoms with E-state index in [9.17, 15) is 5.26 Å². The van der Waals surface area contributed by atoms with E-state index in [1.54, 1.807) is 24.3 Å². The summed E-state index contributed by atoms with van der Waals surface area (Å²) in [7, 11) is 0. The number of hydrogen-bond donors (Lipinski definition) is 0. The zero-order valence-electron chi connectivity index (χ0n) is 15.5. The molecule has 0 saturated carbocycles. The van der Waals surface area contributed by atoms with Crippen LogP contribution in [0.5, 0.6) is 5.75 Å². The number of piperidine rings is 1. The third-order valence-corrected chi connectivity index (χ3v) is 5.18.